The molecule has 0 bridgehead atoms. The molecule has 12 rings (SSSR count). The summed E-state index contributed by atoms with van der Waals surface area (Å²) in [7, 11) is 0. The van der Waals surface area contributed by atoms with Crippen LogP contribution in [0.1, 0.15) is 143 Å². The number of hydrogen-bond donors (Lipinski definition) is 21. The first-order valence-electron chi connectivity index (χ1n) is 42.8. The Morgan fingerprint density at radius 3 is 1.85 bits per heavy atom. The number of aromatic amines is 3. The van der Waals surface area contributed by atoms with E-state index in [1.54, 1.807) is 80.3 Å². The van der Waals surface area contributed by atoms with Crippen LogP contribution in [0.15, 0.2) is 143 Å². The number of anilines is 5. The summed E-state index contributed by atoms with van der Waals surface area (Å²) < 4.78 is 5.60. The monoisotopic (exact) mass is 1930 g/mol. The van der Waals surface area contributed by atoms with Gasteiger partial charge in [-0.15, -0.1) is 23.4 Å². The smallest absolute Gasteiger partial charge is 0.327 e. The van der Waals surface area contributed by atoms with Gasteiger partial charge in [0.05, 0.1) is 47.9 Å². The SMILES string of the molecule is CC(=O)Oc1cc2c(c3ccccc13)C(CCl)CN2C(=O)c1cc2cc(NC(=O)c3cc4cc(NC(=O)[C@@H](NC(=O)c5ccc(/C(C)=N\NC(=O)CCN6C(=O)CC(SCC(NC(=O)[C@@H](CC(=O)O)NC(=O)[C@@H](CCCNC(=N)N)NC(=O)[C@H](CC(=O)O)NC(=O)CC[C@H](NC(=O)c7ccc(NCc8cnc9nc(N)[nH]c(=O)c9n8)cc7)C(=O)O)C(=O)O)C6=O)cc5)C(C)C)ccc4[nH]3)ccc2[nH]1. The molecule has 8 atom stereocenters. The first-order valence-corrected chi connectivity index (χ1v) is 44.4. The lowest BCUT2D eigenvalue weighted by atomic mass is 9.95. The van der Waals surface area contributed by atoms with Crippen LogP contribution >= 0.6 is 23.4 Å². The topological polar surface area (TPSA) is 711 Å². The van der Waals surface area contributed by atoms with Crippen molar-refractivity contribution in [2.75, 3.05) is 57.9 Å². The number of carboxylic acids is 4. The Labute approximate surface area is 790 Å². The first-order chi connectivity index (χ1) is 65.7. The van der Waals surface area contributed by atoms with Gasteiger partial charge in [0.2, 0.25) is 53.2 Å². The van der Waals surface area contributed by atoms with E-state index in [-0.39, 0.29) is 89.1 Å². The van der Waals surface area contributed by atoms with Crippen LogP contribution in [0.2, 0.25) is 0 Å². The number of fused-ring (bicyclic) bond motifs is 6. The highest BCUT2D eigenvalue weighted by atomic mass is 35.5. The number of carbonyl (C=O) groups excluding carboxylic acids is 13. The van der Waals surface area contributed by atoms with E-state index < -0.39 is 211 Å². The van der Waals surface area contributed by atoms with Gasteiger partial charge < -0.3 is 105 Å². The number of hydrogen-bond acceptors (Lipinski definition) is 27. The molecule has 0 radical (unpaired) electrons. The summed E-state index contributed by atoms with van der Waals surface area (Å²) in [6.07, 6.45) is -3.82. The number of esters is 1. The number of amides is 12. The minimum Gasteiger partial charge on any atom is -0.481 e. The number of nitrogens with two attached hydrogens (primary N) is 2. The number of thioether (sulfide) groups is 1. The highest BCUT2D eigenvalue weighted by Crippen LogP contribution is 2.46. The number of nitrogen functional groups attached to an aromatic ring is 1. The number of hydrazone groups is 1. The fourth-order valence-electron chi connectivity index (χ4n) is 15.1. The maximum atomic E-state index is 14.3. The lowest BCUT2D eigenvalue weighted by Crippen LogP contribution is -2.58. The van der Waals surface area contributed by atoms with Crippen LogP contribution in [-0.2, 0) is 68.9 Å². The number of benzene rings is 6. The minimum atomic E-state index is -2.11. The molecule has 10 aromatic rings. The molecule has 138 heavy (non-hydrogen) atoms. The molecule has 2 aliphatic heterocycles. The lowest BCUT2D eigenvalue weighted by Gasteiger charge is -2.25. The number of aliphatic carboxylic acids is 4. The highest BCUT2D eigenvalue weighted by Gasteiger charge is 2.42. The Morgan fingerprint density at radius 2 is 1.22 bits per heavy atom. The third-order valence-electron chi connectivity index (χ3n) is 22.1. The molecule has 720 valence electrons. The number of H-pyrrole nitrogens is 3. The maximum absolute atomic E-state index is 14.3. The van der Waals surface area contributed by atoms with Gasteiger partial charge in [0.15, 0.2) is 17.1 Å². The number of ether oxygens (including phenoxy) is 1. The Morgan fingerprint density at radius 1 is 0.630 bits per heavy atom. The zero-order valence-electron chi connectivity index (χ0n) is 74.0. The van der Waals surface area contributed by atoms with Crippen LogP contribution in [0.4, 0.5) is 28.7 Å². The molecule has 46 nitrogen and oxygen atoms in total. The number of alkyl halides is 1. The third-order valence-corrected chi connectivity index (χ3v) is 23.7. The molecule has 4 aromatic heterocycles. The number of nitrogens with zero attached hydrogens (tertiary/aromatic N) is 6. The molecule has 0 spiro atoms. The zero-order valence-corrected chi connectivity index (χ0v) is 75.5. The Kier molecular flexibility index (Phi) is 32.6. The molecule has 23 N–H and O–H groups in total. The second kappa shape index (κ2) is 44.9. The second-order valence-corrected chi connectivity index (χ2v) is 34.0. The number of carboxylic acid groups (broad SMARTS) is 4. The van der Waals surface area contributed by atoms with Crippen molar-refractivity contribution in [1.29, 1.82) is 5.41 Å². The Balaban J connectivity index is 0.578. The predicted octanol–water partition coefficient (Wildman–Crippen LogP) is 3.57. The van der Waals surface area contributed by atoms with Gasteiger partial charge in [-0.05, 0) is 134 Å². The van der Waals surface area contributed by atoms with Crippen molar-refractivity contribution >= 4 is 208 Å². The van der Waals surface area contributed by atoms with Gasteiger partial charge in [-0.25, -0.2) is 25.0 Å². The molecule has 2 aliphatic rings. The van der Waals surface area contributed by atoms with Crippen molar-refractivity contribution < 1.29 is 107 Å². The molecular formula is C90H94ClN23O23S. The summed E-state index contributed by atoms with van der Waals surface area (Å²) in [4.78, 5) is 261. The molecule has 3 unspecified atom stereocenters. The lowest BCUT2D eigenvalue weighted by molar-refractivity contribution is -0.143. The number of carbonyl (C=O) groups is 17. The summed E-state index contributed by atoms with van der Waals surface area (Å²) in [5, 5.41) is 77.9. The van der Waals surface area contributed by atoms with Crippen LogP contribution in [0.5, 0.6) is 5.75 Å². The van der Waals surface area contributed by atoms with Gasteiger partial charge in [0, 0.05) is 125 Å². The summed E-state index contributed by atoms with van der Waals surface area (Å²) >= 11 is 7.11. The summed E-state index contributed by atoms with van der Waals surface area (Å²) in [5.74, 6) is -18.9. The van der Waals surface area contributed by atoms with E-state index in [9.17, 15) is 107 Å². The number of aromatic nitrogens is 6. The Hall–Kier alpha value is -16.8. The normalized spacial score (nSPS) is 14.8. The molecule has 0 aliphatic carbocycles. The molecule has 1 saturated heterocycles. The van der Waals surface area contributed by atoms with Crippen molar-refractivity contribution in [1.82, 2.24) is 77.4 Å². The van der Waals surface area contributed by atoms with E-state index in [2.05, 4.69) is 93.6 Å². The van der Waals surface area contributed by atoms with Gasteiger partial charge in [-0.2, -0.15) is 10.1 Å². The van der Waals surface area contributed by atoms with Gasteiger partial charge >= 0.3 is 29.8 Å². The van der Waals surface area contributed by atoms with Crippen LogP contribution < -0.4 is 85.3 Å². The number of likely N-dealkylation sites (tertiary alicyclic amines) is 1. The molecule has 6 aromatic carbocycles. The Bertz CT molecular complexity index is 6630. The van der Waals surface area contributed by atoms with Gasteiger partial charge in [-0.1, -0.05) is 50.2 Å². The minimum absolute atomic E-state index is 0.0209. The fraction of sp³-hybridized carbons (Fsp3) is 0.300. The molecule has 1 fully saturated rings. The molecule has 0 saturated carbocycles. The quantitative estimate of drug-likeness (QED) is 0.00379. The van der Waals surface area contributed by atoms with Gasteiger partial charge in [0.1, 0.15) is 53.4 Å². The number of rotatable bonds is 43. The summed E-state index contributed by atoms with van der Waals surface area (Å²) in [5.41, 5.74) is 18.2. The van der Waals surface area contributed by atoms with Gasteiger partial charge in [0.25, 0.3) is 29.2 Å². The second-order valence-electron chi connectivity index (χ2n) is 32.4. The van der Waals surface area contributed by atoms with Crippen LogP contribution in [0.25, 0.3) is 43.7 Å². The van der Waals surface area contributed by atoms with E-state index >= 15 is 0 Å². The van der Waals surface area contributed by atoms with E-state index in [1.165, 1.54) is 61.7 Å². The van der Waals surface area contributed by atoms with E-state index in [4.69, 9.17) is 33.2 Å². The van der Waals surface area contributed by atoms with Crippen molar-refractivity contribution in [3.63, 3.8) is 0 Å². The fourth-order valence-corrected chi connectivity index (χ4v) is 16.5. The highest BCUT2D eigenvalue weighted by molar-refractivity contribution is 8.00. The predicted molar refractivity (Wildman–Crippen MR) is 502 cm³/mol. The third kappa shape index (κ3) is 25.6. The van der Waals surface area contributed by atoms with Crippen molar-refractivity contribution in [2.45, 2.75) is 133 Å². The number of imide groups is 1. The maximum Gasteiger partial charge on any atom is 0.327 e. The van der Waals surface area contributed by atoms with Crippen molar-refractivity contribution in [2.24, 2.45) is 16.8 Å². The van der Waals surface area contributed by atoms with Crippen molar-refractivity contribution in [3.8, 4) is 5.75 Å². The zero-order chi connectivity index (χ0) is 99.6. The average Bonchev–Trinajstić information content (AvgIpc) is 1.56. The summed E-state index contributed by atoms with van der Waals surface area (Å²) in [6, 6.07) is 23.6. The van der Waals surface area contributed by atoms with E-state index in [0.29, 0.717) is 78.7 Å². The first kappa shape index (κ1) is 100. The van der Waals surface area contributed by atoms with Gasteiger partial charge in [-0.3, -0.25) is 92.0 Å². The molecule has 6 heterocycles. The standard InChI is InChI=1S/C90H94ClN23O23S/c1-41(2)74(83(129)100-52-20-21-56-47(28-52)30-60(101-56)80(126)99-51-19-22-57-48(29-51)31-63(102-57)85(131)114-39-49(36-91)73-55-9-6-5-8-54(55)66(34-65(73)114)137-43(4)115)108-78(124)45-13-11-44(12-14-45)42(3)111-112-69(117)25-27-113-70(118)35-67(86(113)132)138-40-64(88(135)136)107-82(128)62(33-72(121)122)106-79(125)58(10-7-26-95-89(92)93)104-81(127)61(32-71(119)120)103-68(116)24-23-59(87(133)134)105-77(123)46-15-17-50(18-16-46)96-37-53-38-97-76-75(98-53)84(130)110-90(94)109-76/h5-6,8-9,11-22,28-31,34,38,41,49,58-59,61-62,64,67,74,96,101-102H,7,10,23-27,32-33,35-37,39-40H2,1-4H3,(H,99,126)(H,100,129)(H,103,116)(H,104,127)(H,105,123)(H,106,125)(H,107,128)(H,108,124)(H,112,117)(H,119,120)(H,121,122)(H,133,134)(H,135,136)(H4,92,93,95)(H3,94,97,109,110,130)/b111-42-/t49?,58-,59+,61+,62-,64?,67?,74+/m1/s1. The van der Waals surface area contributed by atoms with E-state index in [1.807, 2.05) is 24.3 Å². The molecule has 48 heteroatoms. The molecular weight excluding hydrogens is 1840 g/mol. The van der Waals surface area contributed by atoms with E-state index in [0.717, 1.165) is 15.8 Å². The largest absolute Gasteiger partial charge is 0.481 e. The average molecular weight is 1930 g/mol. The molecule has 12 amide bonds. The van der Waals surface area contributed by atoms with Crippen molar-refractivity contribution in [3.05, 3.63) is 183 Å². The van der Waals surface area contributed by atoms with Crippen LogP contribution in [0.3, 0.4) is 0 Å². The number of guanidine groups is 1. The van der Waals surface area contributed by atoms with Crippen LogP contribution in [-0.4, -0.2) is 240 Å². The number of nitrogens with one attached hydrogen (secondary N) is 15. The summed E-state index contributed by atoms with van der Waals surface area (Å²) in [6.45, 7) is 6.10. The number of halogens is 1. The van der Waals surface area contributed by atoms with Crippen LogP contribution in [0, 0.1) is 11.3 Å².